The summed E-state index contributed by atoms with van der Waals surface area (Å²) in [7, 11) is 1.54. The first kappa shape index (κ1) is 23.7. The number of nitrogens with one attached hydrogen (secondary N) is 1. The lowest BCUT2D eigenvalue weighted by molar-refractivity contribution is -0.138. The van der Waals surface area contributed by atoms with Crippen LogP contribution >= 0.6 is 11.8 Å². The maximum absolute atomic E-state index is 12.7. The Morgan fingerprint density at radius 3 is 2.25 bits per heavy atom. The van der Waals surface area contributed by atoms with Gasteiger partial charge in [-0.3, -0.25) is 9.59 Å². The maximum Gasteiger partial charge on any atom is 0.407 e. The molecule has 2 amide bonds. The molecule has 1 atom stereocenters. The zero-order valence-corrected chi connectivity index (χ0v) is 19.1. The third-order valence-electron chi connectivity index (χ3n) is 5.58. The van der Waals surface area contributed by atoms with Crippen molar-refractivity contribution in [3.8, 4) is 11.1 Å². The topological polar surface area (TPSA) is 95.9 Å². The molecule has 1 aliphatic rings. The molecule has 0 saturated carbocycles. The third-order valence-corrected chi connectivity index (χ3v) is 6.23. The number of thioether (sulfide) groups is 1. The predicted octanol–water partition coefficient (Wildman–Crippen LogP) is 3.58. The molecule has 0 fully saturated rings. The molecule has 0 heterocycles. The number of aliphatic carboxylic acids is 1. The van der Waals surface area contributed by atoms with Crippen LogP contribution in [0.25, 0.3) is 11.1 Å². The van der Waals surface area contributed by atoms with Gasteiger partial charge in [0.25, 0.3) is 0 Å². The molecular weight excluding hydrogens is 428 g/mol. The summed E-state index contributed by atoms with van der Waals surface area (Å²) in [5.74, 6) is -0.692. The lowest BCUT2D eigenvalue weighted by Gasteiger charge is -2.24. The molecule has 2 aromatic rings. The molecule has 0 aromatic heterocycles. The number of carbonyl (C=O) groups excluding carboxylic acids is 2. The van der Waals surface area contributed by atoms with Crippen molar-refractivity contribution < 1.29 is 24.2 Å². The van der Waals surface area contributed by atoms with Crippen LogP contribution in [0.2, 0.25) is 0 Å². The summed E-state index contributed by atoms with van der Waals surface area (Å²) >= 11 is 1.57. The first-order valence-electron chi connectivity index (χ1n) is 10.5. The normalized spacial score (nSPS) is 13.1. The highest BCUT2D eigenvalue weighted by Crippen LogP contribution is 2.44. The summed E-state index contributed by atoms with van der Waals surface area (Å²) < 4.78 is 5.56. The Morgan fingerprint density at radius 2 is 1.69 bits per heavy atom. The molecule has 0 unspecified atom stereocenters. The first-order valence-corrected chi connectivity index (χ1v) is 11.9. The quantitative estimate of drug-likeness (QED) is 0.567. The summed E-state index contributed by atoms with van der Waals surface area (Å²) in [4.78, 5) is 37.5. The number of likely N-dealkylation sites (N-methyl/N-ethyl adjacent to an activating group) is 1. The van der Waals surface area contributed by atoms with Crippen LogP contribution in [0.3, 0.4) is 0 Å². The highest BCUT2D eigenvalue weighted by molar-refractivity contribution is 7.98. The van der Waals surface area contributed by atoms with Gasteiger partial charge in [0.05, 0.1) is 6.42 Å². The van der Waals surface area contributed by atoms with E-state index in [-0.39, 0.29) is 31.4 Å². The monoisotopic (exact) mass is 456 g/mol. The molecule has 170 valence electrons. The van der Waals surface area contributed by atoms with Crippen molar-refractivity contribution in [2.75, 3.05) is 32.2 Å². The molecule has 32 heavy (non-hydrogen) atoms. The van der Waals surface area contributed by atoms with E-state index in [4.69, 9.17) is 9.84 Å². The third kappa shape index (κ3) is 5.62. The minimum Gasteiger partial charge on any atom is -0.481 e. The number of hydrogen-bond acceptors (Lipinski definition) is 5. The van der Waals surface area contributed by atoms with Crippen molar-refractivity contribution in [3.05, 3.63) is 59.7 Å². The van der Waals surface area contributed by atoms with Gasteiger partial charge in [0.2, 0.25) is 5.91 Å². The van der Waals surface area contributed by atoms with E-state index < -0.39 is 18.1 Å². The van der Waals surface area contributed by atoms with Crippen molar-refractivity contribution >= 4 is 29.7 Å². The Balaban J connectivity index is 1.64. The van der Waals surface area contributed by atoms with Crippen molar-refractivity contribution in [1.29, 1.82) is 0 Å². The molecule has 1 aliphatic carbocycles. The minimum atomic E-state index is -0.977. The van der Waals surface area contributed by atoms with Gasteiger partial charge in [-0.2, -0.15) is 11.8 Å². The highest BCUT2D eigenvalue weighted by atomic mass is 32.2. The van der Waals surface area contributed by atoms with Crippen LogP contribution in [0.1, 0.15) is 29.9 Å². The standard InChI is InChI=1S/C24H28N2O5S/c1-26(13-11-22(27)28)23(29)21(12-14-32-2)25-24(30)31-15-20-18-9-5-3-7-16(18)17-8-4-6-10-19(17)20/h3-10,20-21H,11-15H2,1-2H3,(H,25,30)(H,27,28)/t21-/m1/s1. The number of rotatable bonds is 10. The molecule has 8 heteroatoms. The summed E-state index contributed by atoms with van der Waals surface area (Å²) in [6.45, 7) is 0.245. The van der Waals surface area contributed by atoms with E-state index in [0.29, 0.717) is 12.2 Å². The van der Waals surface area contributed by atoms with E-state index in [0.717, 1.165) is 22.3 Å². The lowest BCUT2D eigenvalue weighted by atomic mass is 9.98. The predicted molar refractivity (Wildman–Crippen MR) is 125 cm³/mol. The fraction of sp³-hybridized carbons (Fsp3) is 0.375. The van der Waals surface area contributed by atoms with Gasteiger partial charge in [-0.15, -0.1) is 0 Å². The van der Waals surface area contributed by atoms with Gasteiger partial charge in [0.1, 0.15) is 12.6 Å². The largest absolute Gasteiger partial charge is 0.481 e. The number of carbonyl (C=O) groups is 3. The van der Waals surface area contributed by atoms with Crippen molar-refractivity contribution in [3.63, 3.8) is 0 Å². The molecule has 2 N–H and O–H groups in total. The Labute approximate surface area is 192 Å². The minimum absolute atomic E-state index is 0.0632. The number of carboxylic acid groups (broad SMARTS) is 1. The van der Waals surface area contributed by atoms with Crippen LogP contribution < -0.4 is 5.32 Å². The molecule has 0 radical (unpaired) electrons. The second-order valence-corrected chi connectivity index (χ2v) is 8.69. The number of hydrogen-bond donors (Lipinski definition) is 2. The number of ether oxygens (including phenoxy) is 1. The zero-order valence-electron chi connectivity index (χ0n) is 18.2. The van der Waals surface area contributed by atoms with Crippen LogP contribution in [0.5, 0.6) is 0 Å². The lowest BCUT2D eigenvalue weighted by Crippen LogP contribution is -2.48. The Kier molecular flexibility index (Phi) is 8.16. The number of alkyl carbamates (subject to hydrolysis) is 1. The molecule has 0 spiro atoms. The van der Waals surface area contributed by atoms with Crippen molar-refractivity contribution in [2.24, 2.45) is 0 Å². The van der Waals surface area contributed by atoms with Crippen LogP contribution in [-0.4, -0.2) is 66.2 Å². The average molecular weight is 457 g/mol. The molecule has 7 nitrogen and oxygen atoms in total. The van der Waals surface area contributed by atoms with E-state index in [1.807, 2.05) is 42.7 Å². The van der Waals surface area contributed by atoms with Gasteiger partial charge in [-0.05, 0) is 40.7 Å². The van der Waals surface area contributed by atoms with Crippen LogP contribution in [0.15, 0.2) is 48.5 Å². The van der Waals surface area contributed by atoms with E-state index in [1.54, 1.807) is 11.8 Å². The van der Waals surface area contributed by atoms with Gasteiger partial charge in [-0.1, -0.05) is 48.5 Å². The van der Waals surface area contributed by atoms with E-state index >= 15 is 0 Å². The SMILES string of the molecule is CSCC[C@@H](NC(=O)OCC1c2ccccc2-c2ccccc21)C(=O)N(C)CCC(=O)O. The second-order valence-electron chi connectivity index (χ2n) is 7.71. The van der Waals surface area contributed by atoms with Crippen LogP contribution in [-0.2, 0) is 14.3 Å². The number of benzene rings is 2. The number of carboxylic acids is 1. The summed E-state index contributed by atoms with van der Waals surface area (Å²) in [5.41, 5.74) is 4.52. The molecule has 0 aliphatic heterocycles. The van der Waals surface area contributed by atoms with Gasteiger partial charge >= 0.3 is 12.1 Å². The zero-order chi connectivity index (χ0) is 23.1. The van der Waals surface area contributed by atoms with E-state index in [9.17, 15) is 14.4 Å². The molecule has 0 bridgehead atoms. The number of fused-ring (bicyclic) bond motifs is 3. The molecular formula is C24H28N2O5S. The van der Waals surface area contributed by atoms with E-state index in [2.05, 4.69) is 17.4 Å². The van der Waals surface area contributed by atoms with Crippen LogP contribution in [0.4, 0.5) is 4.79 Å². The van der Waals surface area contributed by atoms with Crippen LogP contribution in [0, 0.1) is 0 Å². The van der Waals surface area contributed by atoms with Crippen molar-refractivity contribution in [1.82, 2.24) is 10.2 Å². The van der Waals surface area contributed by atoms with E-state index in [1.165, 1.54) is 11.9 Å². The van der Waals surface area contributed by atoms with Crippen molar-refractivity contribution in [2.45, 2.75) is 24.8 Å². The average Bonchev–Trinajstić information content (AvgIpc) is 3.12. The number of amides is 2. The summed E-state index contributed by atoms with van der Waals surface area (Å²) in [6.07, 6.45) is 1.55. The smallest absolute Gasteiger partial charge is 0.407 e. The highest BCUT2D eigenvalue weighted by Gasteiger charge is 2.30. The maximum atomic E-state index is 12.7. The number of nitrogens with zero attached hydrogens (tertiary/aromatic N) is 1. The molecule has 0 saturated heterocycles. The summed E-state index contributed by atoms with van der Waals surface area (Å²) in [5, 5.41) is 11.5. The molecule has 2 aromatic carbocycles. The summed E-state index contributed by atoms with van der Waals surface area (Å²) in [6, 6.07) is 15.4. The fourth-order valence-corrected chi connectivity index (χ4v) is 4.39. The van der Waals surface area contributed by atoms with Gasteiger partial charge in [-0.25, -0.2) is 4.79 Å². The second kappa shape index (κ2) is 11.0. The fourth-order valence-electron chi connectivity index (χ4n) is 3.91. The van der Waals surface area contributed by atoms with Gasteiger partial charge < -0.3 is 20.1 Å². The first-order chi connectivity index (χ1) is 15.4. The molecule has 3 rings (SSSR count). The Hall–Kier alpha value is -3.00. The van der Waals surface area contributed by atoms with Gasteiger partial charge in [0.15, 0.2) is 0 Å². The Morgan fingerprint density at radius 1 is 1.09 bits per heavy atom. The Bertz CT molecular complexity index is 935. The van der Waals surface area contributed by atoms with Gasteiger partial charge in [0, 0.05) is 19.5 Å².